The van der Waals surface area contributed by atoms with E-state index in [-0.39, 0.29) is 0 Å². The molecular weight excluding hydrogens is 196 g/mol. The van der Waals surface area contributed by atoms with Crippen molar-refractivity contribution < 1.29 is 5.11 Å². The van der Waals surface area contributed by atoms with Crippen LogP contribution in [0.3, 0.4) is 0 Å². The smallest absolute Gasteiger partial charge is 0.0653 e. The SMILES string of the molecule is C/C1=C\CC[C@@](C)(O)[C@H]2CC(C)(C)[C@@H]2CC1. The van der Waals surface area contributed by atoms with Gasteiger partial charge in [-0.1, -0.05) is 25.5 Å². The van der Waals surface area contributed by atoms with Gasteiger partial charge in [-0.25, -0.2) is 0 Å². The Bertz CT molecular complexity index is 299. The molecule has 3 atom stereocenters. The Morgan fingerprint density at radius 3 is 2.56 bits per heavy atom. The molecule has 0 spiro atoms. The highest BCUT2D eigenvalue weighted by atomic mass is 16.3. The summed E-state index contributed by atoms with van der Waals surface area (Å²) in [6.07, 6.45) is 7.98. The van der Waals surface area contributed by atoms with E-state index in [0.29, 0.717) is 17.3 Å². The molecule has 0 radical (unpaired) electrons. The molecular formula is C15H26O. The van der Waals surface area contributed by atoms with E-state index in [1.165, 1.54) is 24.8 Å². The second kappa shape index (κ2) is 3.87. The lowest BCUT2D eigenvalue weighted by Gasteiger charge is -2.57. The molecule has 0 amide bonds. The quantitative estimate of drug-likeness (QED) is 0.616. The van der Waals surface area contributed by atoms with Crippen LogP contribution in [0.5, 0.6) is 0 Å². The van der Waals surface area contributed by atoms with E-state index in [9.17, 15) is 5.11 Å². The molecule has 0 aromatic rings. The molecule has 1 N–H and O–H groups in total. The van der Waals surface area contributed by atoms with Gasteiger partial charge in [-0.05, 0) is 63.2 Å². The normalized spacial score (nSPS) is 46.4. The van der Waals surface area contributed by atoms with Crippen molar-refractivity contribution in [2.75, 3.05) is 0 Å². The van der Waals surface area contributed by atoms with E-state index in [1.54, 1.807) is 0 Å². The minimum atomic E-state index is -0.443. The molecule has 2 rings (SSSR count). The highest BCUT2D eigenvalue weighted by molar-refractivity contribution is 5.08. The molecule has 1 heteroatoms. The van der Waals surface area contributed by atoms with E-state index in [0.717, 1.165) is 12.8 Å². The van der Waals surface area contributed by atoms with Gasteiger partial charge < -0.3 is 5.11 Å². The predicted molar refractivity (Wildman–Crippen MR) is 68.2 cm³/mol. The molecule has 0 heterocycles. The first kappa shape index (κ1) is 12.2. The molecule has 2 aliphatic carbocycles. The van der Waals surface area contributed by atoms with E-state index < -0.39 is 5.60 Å². The van der Waals surface area contributed by atoms with Gasteiger partial charge in [-0.2, -0.15) is 0 Å². The van der Waals surface area contributed by atoms with Gasteiger partial charge in [-0.3, -0.25) is 0 Å². The summed E-state index contributed by atoms with van der Waals surface area (Å²) >= 11 is 0. The fourth-order valence-electron chi connectivity index (χ4n) is 3.77. The summed E-state index contributed by atoms with van der Waals surface area (Å²) < 4.78 is 0. The molecule has 0 aromatic carbocycles. The summed E-state index contributed by atoms with van der Waals surface area (Å²) in [7, 11) is 0. The third-order valence-electron chi connectivity index (χ3n) is 5.03. The van der Waals surface area contributed by atoms with Gasteiger partial charge in [0.25, 0.3) is 0 Å². The molecule has 0 aliphatic heterocycles. The van der Waals surface area contributed by atoms with Crippen molar-refractivity contribution in [3.8, 4) is 0 Å². The highest BCUT2D eigenvalue weighted by Gasteiger charge is 2.53. The molecule has 1 nitrogen and oxygen atoms in total. The highest BCUT2D eigenvalue weighted by Crippen LogP contribution is 2.58. The number of rotatable bonds is 0. The predicted octanol–water partition coefficient (Wildman–Crippen LogP) is 3.92. The Balaban J connectivity index is 2.18. The molecule has 16 heavy (non-hydrogen) atoms. The maximum absolute atomic E-state index is 10.6. The topological polar surface area (TPSA) is 20.2 Å². The van der Waals surface area contributed by atoms with Crippen molar-refractivity contribution in [1.29, 1.82) is 0 Å². The van der Waals surface area contributed by atoms with Crippen LogP contribution in [0.2, 0.25) is 0 Å². The number of allylic oxidation sites excluding steroid dienone is 2. The molecule has 1 saturated carbocycles. The van der Waals surface area contributed by atoms with Gasteiger partial charge in [0.15, 0.2) is 0 Å². The number of hydrogen-bond donors (Lipinski definition) is 1. The average molecular weight is 222 g/mol. The fraction of sp³-hybridized carbons (Fsp3) is 0.867. The average Bonchev–Trinajstić information content (AvgIpc) is 2.17. The summed E-state index contributed by atoms with van der Waals surface area (Å²) in [4.78, 5) is 0. The largest absolute Gasteiger partial charge is 0.390 e. The summed E-state index contributed by atoms with van der Waals surface area (Å²) in [5.41, 5.74) is 1.51. The van der Waals surface area contributed by atoms with Crippen molar-refractivity contribution in [1.82, 2.24) is 0 Å². The maximum atomic E-state index is 10.6. The van der Waals surface area contributed by atoms with Crippen LogP contribution in [0, 0.1) is 17.3 Å². The lowest BCUT2D eigenvalue weighted by Crippen LogP contribution is -2.54. The first-order valence-corrected chi connectivity index (χ1v) is 6.71. The van der Waals surface area contributed by atoms with E-state index in [2.05, 4.69) is 33.8 Å². The Morgan fingerprint density at radius 1 is 1.25 bits per heavy atom. The maximum Gasteiger partial charge on any atom is 0.0653 e. The van der Waals surface area contributed by atoms with Crippen LogP contribution in [0.15, 0.2) is 11.6 Å². The minimum absolute atomic E-state index is 0.443. The van der Waals surface area contributed by atoms with E-state index in [1.807, 2.05) is 0 Å². The first-order valence-electron chi connectivity index (χ1n) is 6.71. The van der Waals surface area contributed by atoms with E-state index >= 15 is 0 Å². The van der Waals surface area contributed by atoms with Crippen LogP contribution in [-0.2, 0) is 0 Å². The fourth-order valence-corrected chi connectivity index (χ4v) is 3.77. The molecule has 0 bridgehead atoms. The summed E-state index contributed by atoms with van der Waals surface area (Å²) in [5.74, 6) is 1.24. The minimum Gasteiger partial charge on any atom is -0.390 e. The third-order valence-corrected chi connectivity index (χ3v) is 5.03. The lowest BCUT2D eigenvalue weighted by molar-refractivity contribution is -0.141. The molecule has 0 aromatic heterocycles. The van der Waals surface area contributed by atoms with Crippen LogP contribution >= 0.6 is 0 Å². The Labute approximate surface area is 99.9 Å². The van der Waals surface area contributed by atoms with Crippen molar-refractivity contribution in [3.63, 3.8) is 0 Å². The van der Waals surface area contributed by atoms with Crippen LogP contribution in [0.4, 0.5) is 0 Å². The van der Waals surface area contributed by atoms with E-state index in [4.69, 9.17) is 0 Å². The summed E-state index contributed by atoms with van der Waals surface area (Å²) in [5, 5.41) is 10.6. The van der Waals surface area contributed by atoms with Crippen molar-refractivity contribution in [2.45, 2.75) is 65.4 Å². The standard InChI is InChI=1S/C15H26O/c1-11-6-5-9-15(4,16)13-10-14(2,3)12(13)8-7-11/h6,12-13,16H,5,7-10H2,1-4H3/b11-6+/t12-,13+,15-/m1/s1. The van der Waals surface area contributed by atoms with Gasteiger partial charge in [0.2, 0.25) is 0 Å². The van der Waals surface area contributed by atoms with Crippen LogP contribution in [0.1, 0.15) is 59.8 Å². The van der Waals surface area contributed by atoms with Crippen molar-refractivity contribution in [3.05, 3.63) is 11.6 Å². The number of fused-ring (bicyclic) bond motifs is 1. The van der Waals surface area contributed by atoms with Crippen LogP contribution < -0.4 is 0 Å². The first-order chi connectivity index (χ1) is 7.33. The van der Waals surface area contributed by atoms with Gasteiger partial charge >= 0.3 is 0 Å². The van der Waals surface area contributed by atoms with Crippen molar-refractivity contribution in [2.24, 2.45) is 17.3 Å². The number of aliphatic hydroxyl groups is 1. The third kappa shape index (κ3) is 2.07. The summed E-state index contributed by atoms with van der Waals surface area (Å²) in [6, 6.07) is 0. The Kier molecular flexibility index (Phi) is 2.94. The van der Waals surface area contributed by atoms with Crippen LogP contribution in [0.25, 0.3) is 0 Å². The Hall–Kier alpha value is -0.300. The molecule has 0 saturated heterocycles. The van der Waals surface area contributed by atoms with Crippen LogP contribution in [-0.4, -0.2) is 10.7 Å². The Morgan fingerprint density at radius 2 is 1.94 bits per heavy atom. The van der Waals surface area contributed by atoms with Gasteiger partial charge in [-0.15, -0.1) is 0 Å². The monoisotopic (exact) mass is 222 g/mol. The van der Waals surface area contributed by atoms with Gasteiger partial charge in [0.1, 0.15) is 0 Å². The zero-order valence-corrected chi connectivity index (χ0v) is 11.2. The molecule has 2 aliphatic rings. The molecule has 92 valence electrons. The lowest BCUT2D eigenvalue weighted by atomic mass is 9.50. The second-order valence-corrected chi connectivity index (χ2v) is 6.89. The second-order valence-electron chi connectivity index (χ2n) is 6.89. The van der Waals surface area contributed by atoms with Crippen molar-refractivity contribution >= 4 is 0 Å². The zero-order valence-electron chi connectivity index (χ0n) is 11.2. The molecule has 1 fully saturated rings. The van der Waals surface area contributed by atoms with Gasteiger partial charge in [0.05, 0.1) is 5.60 Å². The number of hydrogen-bond acceptors (Lipinski definition) is 1. The summed E-state index contributed by atoms with van der Waals surface area (Å²) in [6.45, 7) is 9.01. The molecule has 0 unspecified atom stereocenters. The zero-order chi connectivity index (χ0) is 12.0. The van der Waals surface area contributed by atoms with Gasteiger partial charge in [0, 0.05) is 0 Å².